The molecule has 0 bridgehead atoms. The van der Waals surface area contributed by atoms with Gasteiger partial charge in [0, 0.05) is 5.02 Å². The summed E-state index contributed by atoms with van der Waals surface area (Å²) >= 11 is 7.88. The summed E-state index contributed by atoms with van der Waals surface area (Å²) in [5, 5.41) is 9.86. The summed E-state index contributed by atoms with van der Waals surface area (Å²) in [5.74, 6) is 1.27. The molecule has 0 saturated carbocycles. The number of phenols is 1. The van der Waals surface area contributed by atoms with Crippen molar-refractivity contribution in [3.8, 4) is 5.75 Å². The number of rotatable bonds is 4. The fraction of sp³-hybridized carbons (Fsp3) is 0.458. The first-order valence-corrected chi connectivity index (χ1v) is 14.3. The standard InChI is InChI=1S/C11H17OSi.C10H13ClO.C3H6.2ClH.Ti/c1-5-7-10-8-6-9-11(10)12-13(2,3)4;1-10(2,3)7-4-8(11)6-9(12)5-7;1-3-2;;;/h5,9H,1,6-7H2,2-4H3;4-6,12H,1-3H3;1-2H3;2*1H;/q-1;;;;;+1. The Balaban J connectivity index is -0.000000410. The first-order valence-electron chi connectivity index (χ1n) is 9.77. The Hall–Kier alpha value is -0.289. The van der Waals surface area contributed by atoms with Gasteiger partial charge in [-0.2, -0.15) is 5.57 Å². The molecule has 1 aliphatic carbocycles. The summed E-state index contributed by atoms with van der Waals surface area (Å²) in [7, 11) is -1.46. The van der Waals surface area contributed by atoms with Crippen LogP contribution in [0.15, 0.2) is 48.3 Å². The predicted octanol–water partition coefficient (Wildman–Crippen LogP) is 8.36. The van der Waals surface area contributed by atoms with Crippen LogP contribution in [-0.2, 0) is 29.8 Å². The minimum absolute atomic E-state index is 0. The van der Waals surface area contributed by atoms with Crippen LogP contribution in [0.4, 0.5) is 0 Å². The van der Waals surface area contributed by atoms with Gasteiger partial charge in [0.2, 0.25) is 8.32 Å². The normalized spacial score (nSPS) is 12.4. The smallest absolute Gasteiger partial charge is 0.147 e. The van der Waals surface area contributed by atoms with Gasteiger partial charge in [-0.3, -0.25) is 6.08 Å². The van der Waals surface area contributed by atoms with Gasteiger partial charge in [0.25, 0.3) is 0 Å². The van der Waals surface area contributed by atoms with Crippen molar-refractivity contribution in [2.45, 2.75) is 72.5 Å². The molecule has 175 valence electrons. The van der Waals surface area contributed by atoms with Crippen LogP contribution in [0.25, 0.3) is 0 Å². The third-order valence-electron chi connectivity index (χ3n) is 3.41. The van der Waals surface area contributed by atoms with Crippen molar-refractivity contribution < 1.29 is 29.5 Å². The molecule has 0 fully saturated rings. The van der Waals surface area contributed by atoms with Gasteiger partial charge < -0.3 is 9.53 Å². The van der Waals surface area contributed by atoms with E-state index < -0.39 is 8.32 Å². The van der Waals surface area contributed by atoms with Crippen LogP contribution < -0.4 is 0 Å². The molecular formula is C24H38Cl3O2SiTi. The quantitative estimate of drug-likeness (QED) is 0.236. The monoisotopic (exact) mass is 539 g/mol. The second-order valence-electron chi connectivity index (χ2n) is 9.08. The van der Waals surface area contributed by atoms with Crippen molar-refractivity contribution in [2.24, 2.45) is 0 Å². The maximum absolute atomic E-state index is 9.27. The zero-order chi connectivity index (χ0) is 22.8. The summed E-state index contributed by atoms with van der Waals surface area (Å²) in [5.41, 5.74) is 2.26. The van der Waals surface area contributed by atoms with Gasteiger partial charge in [-0.25, -0.2) is 0 Å². The molecule has 2 nitrogen and oxygen atoms in total. The van der Waals surface area contributed by atoms with Gasteiger partial charge >= 0.3 is 37.6 Å². The average Bonchev–Trinajstić information content (AvgIpc) is 2.91. The van der Waals surface area contributed by atoms with Crippen LogP contribution in [0.2, 0.25) is 24.7 Å². The fourth-order valence-corrected chi connectivity index (χ4v) is 3.33. The second kappa shape index (κ2) is 16.3. The number of hydrogen-bond donors (Lipinski definition) is 1. The van der Waals surface area contributed by atoms with Crippen molar-refractivity contribution in [3.05, 3.63) is 64.9 Å². The Morgan fingerprint density at radius 3 is 2.13 bits per heavy atom. The Kier molecular flexibility index (Phi) is 18.6. The number of hydrogen-bond acceptors (Lipinski definition) is 2. The average molecular weight is 541 g/mol. The van der Waals surface area contributed by atoms with Crippen molar-refractivity contribution in [1.29, 1.82) is 0 Å². The SMILES string of the molecule is C=CCC1=[C-]CC=C1O[Si](C)(C)C.CC(C)(C)c1cc(O)cc(Cl)c1.C[C](C)=[Ti+].Cl.Cl. The van der Waals surface area contributed by atoms with Crippen LogP contribution in [0.3, 0.4) is 0 Å². The zero-order valence-electron chi connectivity index (χ0n) is 20.1. The van der Waals surface area contributed by atoms with E-state index in [1.54, 1.807) is 6.07 Å². The van der Waals surface area contributed by atoms with Crippen molar-refractivity contribution >= 4 is 48.5 Å². The molecule has 31 heavy (non-hydrogen) atoms. The number of phenolic OH excluding ortho intramolecular Hbond substituents is 1. The van der Waals surface area contributed by atoms with E-state index in [9.17, 15) is 5.11 Å². The molecule has 7 heteroatoms. The molecule has 0 heterocycles. The Labute approximate surface area is 220 Å². The molecule has 0 aromatic heterocycles. The molecule has 0 saturated heterocycles. The molecule has 1 aliphatic rings. The van der Waals surface area contributed by atoms with E-state index in [-0.39, 0.29) is 36.0 Å². The first kappa shape index (κ1) is 35.3. The molecular weight excluding hydrogens is 503 g/mol. The molecule has 0 atom stereocenters. The number of halogens is 3. The van der Waals surface area contributed by atoms with Crippen LogP contribution >= 0.6 is 36.4 Å². The summed E-state index contributed by atoms with van der Waals surface area (Å²) in [6.45, 7) is 20.7. The largest absolute Gasteiger partial charge is 0.147 e. The van der Waals surface area contributed by atoms with Crippen LogP contribution in [0, 0.1) is 6.08 Å². The first-order chi connectivity index (χ1) is 13.2. The summed E-state index contributed by atoms with van der Waals surface area (Å²) in [6, 6.07) is 5.16. The fourth-order valence-electron chi connectivity index (χ4n) is 2.23. The van der Waals surface area contributed by atoms with Gasteiger partial charge in [-0.1, -0.05) is 44.2 Å². The van der Waals surface area contributed by atoms with E-state index in [1.165, 1.54) is 15.5 Å². The minimum atomic E-state index is -1.46. The maximum atomic E-state index is 9.27. The second-order valence-corrected chi connectivity index (χ2v) is 15.5. The molecule has 1 aromatic rings. The van der Waals surface area contributed by atoms with E-state index in [2.05, 4.69) is 93.0 Å². The van der Waals surface area contributed by atoms with Crippen LogP contribution in [0.5, 0.6) is 5.75 Å². The van der Waals surface area contributed by atoms with Crippen molar-refractivity contribution in [2.75, 3.05) is 0 Å². The molecule has 0 unspecified atom stereocenters. The van der Waals surface area contributed by atoms with Gasteiger partial charge in [0.1, 0.15) is 5.75 Å². The van der Waals surface area contributed by atoms with Crippen molar-refractivity contribution in [1.82, 2.24) is 0 Å². The van der Waals surface area contributed by atoms with Gasteiger partial charge in [0.15, 0.2) is 0 Å². The molecule has 1 aromatic carbocycles. The third-order valence-corrected chi connectivity index (χ3v) is 4.46. The Bertz CT molecular complexity index is 737. The van der Waals surface area contributed by atoms with Crippen LogP contribution in [0.1, 0.15) is 53.0 Å². The summed E-state index contributed by atoms with van der Waals surface area (Å²) < 4.78 is 7.33. The number of benzene rings is 1. The summed E-state index contributed by atoms with van der Waals surface area (Å²) in [4.78, 5) is 0. The number of aromatic hydroxyl groups is 1. The molecule has 0 amide bonds. The van der Waals surface area contributed by atoms with E-state index in [0.29, 0.717) is 5.02 Å². The molecule has 0 radical (unpaired) electrons. The Morgan fingerprint density at radius 2 is 1.74 bits per heavy atom. The zero-order valence-corrected chi connectivity index (χ0v) is 25.0. The maximum Gasteiger partial charge on any atom is -0.147 e. The minimum Gasteiger partial charge on any atom is -0.147 e. The van der Waals surface area contributed by atoms with Gasteiger partial charge in [-0.05, 0) is 55.2 Å². The third kappa shape index (κ3) is 17.9. The molecule has 0 aliphatic heterocycles. The summed E-state index contributed by atoms with van der Waals surface area (Å²) in [6.07, 6.45) is 9.05. The van der Waals surface area contributed by atoms with E-state index in [1.807, 2.05) is 12.1 Å². The van der Waals surface area contributed by atoms with E-state index in [0.717, 1.165) is 24.2 Å². The predicted molar refractivity (Wildman–Crippen MR) is 141 cm³/mol. The Morgan fingerprint density at radius 1 is 1.23 bits per heavy atom. The van der Waals surface area contributed by atoms with E-state index in [4.69, 9.17) is 16.0 Å². The van der Waals surface area contributed by atoms with Gasteiger partial charge in [0.05, 0.1) is 0 Å². The molecule has 1 N–H and O–H groups in total. The van der Waals surface area contributed by atoms with Crippen molar-refractivity contribution in [3.63, 3.8) is 0 Å². The topological polar surface area (TPSA) is 29.5 Å². The van der Waals surface area contributed by atoms with Gasteiger partial charge in [-0.15, -0.1) is 43.9 Å². The van der Waals surface area contributed by atoms with E-state index >= 15 is 0 Å². The van der Waals surface area contributed by atoms with Crippen LogP contribution in [-0.4, -0.2) is 17.2 Å². The molecule has 2 rings (SSSR count). The molecule has 0 spiro atoms. The number of allylic oxidation sites excluding steroid dienone is 4.